The van der Waals surface area contributed by atoms with Gasteiger partial charge in [0.1, 0.15) is 0 Å². The van der Waals surface area contributed by atoms with E-state index in [-0.39, 0.29) is 6.04 Å². The first-order chi connectivity index (χ1) is 8.13. The molecule has 0 radical (unpaired) electrons. The maximum atomic E-state index is 6.09. The number of rotatable bonds is 7. The van der Waals surface area contributed by atoms with Gasteiger partial charge in [-0.05, 0) is 31.9 Å². The van der Waals surface area contributed by atoms with Gasteiger partial charge >= 0.3 is 0 Å². The number of benzene rings is 1. The van der Waals surface area contributed by atoms with Crippen molar-refractivity contribution in [3.05, 3.63) is 41.4 Å². The molecule has 0 bridgehead atoms. The summed E-state index contributed by atoms with van der Waals surface area (Å²) in [5.41, 5.74) is 4.03. The van der Waals surface area contributed by atoms with Gasteiger partial charge in [-0.2, -0.15) is 0 Å². The van der Waals surface area contributed by atoms with Crippen molar-refractivity contribution in [1.29, 1.82) is 0 Å². The molecule has 4 heteroatoms. The lowest BCUT2D eigenvalue weighted by Gasteiger charge is -2.15. The highest BCUT2D eigenvalue weighted by atomic mass is 35.5. The van der Waals surface area contributed by atoms with E-state index in [2.05, 4.69) is 12.0 Å². The summed E-state index contributed by atoms with van der Waals surface area (Å²) >= 11 is 7.82. The van der Waals surface area contributed by atoms with Crippen LogP contribution in [-0.4, -0.2) is 11.8 Å². The fourth-order valence-electron chi connectivity index (χ4n) is 1.39. The second kappa shape index (κ2) is 7.77. The number of hydrogen-bond acceptors (Lipinski definition) is 3. The molecule has 0 aromatic heterocycles. The van der Waals surface area contributed by atoms with Gasteiger partial charge in [-0.1, -0.05) is 29.3 Å². The van der Waals surface area contributed by atoms with Gasteiger partial charge in [0.25, 0.3) is 0 Å². The third-order valence-corrected chi connectivity index (χ3v) is 4.11. The molecule has 0 spiro atoms. The number of thioether (sulfide) groups is 1. The lowest BCUT2D eigenvalue weighted by molar-refractivity contribution is 0.538. The minimum Gasteiger partial charge on any atom is -0.271 e. The number of allylic oxidation sites excluding steroid dienone is 1. The lowest BCUT2D eigenvalue weighted by atomic mass is 10.1. The van der Waals surface area contributed by atoms with Crippen LogP contribution in [0.4, 0.5) is 0 Å². The van der Waals surface area contributed by atoms with Gasteiger partial charge in [0.15, 0.2) is 0 Å². The summed E-state index contributed by atoms with van der Waals surface area (Å²) < 4.78 is 0. The molecule has 0 amide bonds. The Hall–Kier alpha value is -0.480. The fourth-order valence-corrected chi connectivity index (χ4v) is 2.71. The molecule has 0 aliphatic rings. The zero-order valence-electron chi connectivity index (χ0n) is 10.1. The monoisotopic (exact) mass is 270 g/mol. The molecule has 0 saturated carbocycles. The zero-order chi connectivity index (χ0) is 12.7. The van der Waals surface area contributed by atoms with Gasteiger partial charge in [-0.3, -0.25) is 11.3 Å². The highest BCUT2D eigenvalue weighted by Gasteiger charge is 2.08. The standard InChI is InChI=1S/C13H19ClN2S/c1-10(2)7-8-11(16-15)9-17-13-6-4-3-5-12(13)14/h3-6,11,16H,1,7-9,15H2,2H3. The Morgan fingerprint density at radius 1 is 1.53 bits per heavy atom. The molecule has 1 aromatic rings. The van der Waals surface area contributed by atoms with Gasteiger partial charge in [-0.15, -0.1) is 18.3 Å². The smallest absolute Gasteiger partial charge is 0.0541 e. The maximum Gasteiger partial charge on any atom is 0.0541 e. The number of nitrogens with one attached hydrogen (secondary N) is 1. The van der Waals surface area contributed by atoms with Gasteiger partial charge in [0.2, 0.25) is 0 Å². The minimum absolute atomic E-state index is 0.285. The molecule has 3 N–H and O–H groups in total. The van der Waals surface area contributed by atoms with Crippen molar-refractivity contribution in [1.82, 2.24) is 5.43 Å². The highest BCUT2D eigenvalue weighted by molar-refractivity contribution is 7.99. The Labute approximate surface area is 113 Å². The Balaban J connectivity index is 2.42. The van der Waals surface area contributed by atoms with E-state index in [1.165, 1.54) is 5.57 Å². The van der Waals surface area contributed by atoms with Crippen LogP contribution >= 0.6 is 23.4 Å². The van der Waals surface area contributed by atoms with Crippen LogP contribution in [0.15, 0.2) is 41.3 Å². The molecule has 0 fully saturated rings. The fraction of sp³-hybridized carbons (Fsp3) is 0.385. The first-order valence-electron chi connectivity index (χ1n) is 5.61. The first-order valence-corrected chi connectivity index (χ1v) is 6.97. The van der Waals surface area contributed by atoms with Crippen LogP contribution in [0.2, 0.25) is 5.02 Å². The van der Waals surface area contributed by atoms with E-state index < -0.39 is 0 Å². The number of hydrazine groups is 1. The topological polar surface area (TPSA) is 38.0 Å². The average Bonchev–Trinajstić information content (AvgIpc) is 2.31. The molecule has 0 aliphatic heterocycles. The van der Waals surface area contributed by atoms with E-state index in [9.17, 15) is 0 Å². The summed E-state index contributed by atoms with van der Waals surface area (Å²) in [6, 6.07) is 8.15. The summed E-state index contributed by atoms with van der Waals surface area (Å²) in [6.07, 6.45) is 2.00. The molecule has 94 valence electrons. The third-order valence-electron chi connectivity index (χ3n) is 2.43. The molecular formula is C13H19ClN2S. The molecule has 0 aliphatic carbocycles. The molecule has 1 unspecified atom stereocenters. The van der Waals surface area contributed by atoms with E-state index in [0.717, 1.165) is 28.5 Å². The lowest BCUT2D eigenvalue weighted by Crippen LogP contribution is -2.36. The largest absolute Gasteiger partial charge is 0.271 e. The summed E-state index contributed by atoms with van der Waals surface area (Å²) in [4.78, 5) is 1.10. The first kappa shape index (κ1) is 14.6. The predicted molar refractivity (Wildman–Crippen MR) is 77.3 cm³/mol. The second-order valence-electron chi connectivity index (χ2n) is 4.10. The molecular weight excluding hydrogens is 252 g/mol. The number of nitrogens with two attached hydrogens (primary N) is 1. The van der Waals surface area contributed by atoms with Crippen molar-refractivity contribution in [3.8, 4) is 0 Å². The molecule has 17 heavy (non-hydrogen) atoms. The number of hydrogen-bond donors (Lipinski definition) is 2. The van der Waals surface area contributed by atoms with Crippen molar-refractivity contribution in [3.63, 3.8) is 0 Å². The van der Waals surface area contributed by atoms with Gasteiger partial charge in [0.05, 0.1) is 5.02 Å². The van der Waals surface area contributed by atoms with E-state index in [0.29, 0.717) is 0 Å². The molecule has 2 nitrogen and oxygen atoms in total. The van der Waals surface area contributed by atoms with Crippen molar-refractivity contribution >= 4 is 23.4 Å². The molecule has 0 saturated heterocycles. The van der Waals surface area contributed by atoms with Crippen LogP contribution < -0.4 is 11.3 Å². The second-order valence-corrected chi connectivity index (χ2v) is 5.57. The van der Waals surface area contributed by atoms with Crippen LogP contribution in [0, 0.1) is 0 Å². The Bertz CT molecular complexity index is 368. The quantitative estimate of drug-likeness (QED) is 0.344. The van der Waals surface area contributed by atoms with Crippen LogP contribution in [0.5, 0.6) is 0 Å². The molecule has 0 heterocycles. The zero-order valence-corrected chi connectivity index (χ0v) is 11.7. The van der Waals surface area contributed by atoms with Crippen molar-refractivity contribution < 1.29 is 0 Å². The average molecular weight is 271 g/mol. The highest BCUT2D eigenvalue weighted by Crippen LogP contribution is 2.27. The summed E-state index contributed by atoms with van der Waals surface area (Å²) in [5.74, 6) is 6.45. The Morgan fingerprint density at radius 3 is 2.82 bits per heavy atom. The number of halogens is 1. The minimum atomic E-state index is 0.285. The van der Waals surface area contributed by atoms with E-state index in [1.807, 2.05) is 31.2 Å². The van der Waals surface area contributed by atoms with Crippen LogP contribution in [0.3, 0.4) is 0 Å². The van der Waals surface area contributed by atoms with Gasteiger partial charge < -0.3 is 0 Å². The van der Waals surface area contributed by atoms with Crippen LogP contribution in [0.25, 0.3) is 0 Å². The molecule has 1 aromatic carbocycles. The summed E-state index contributed by atoms with van der Waals surface area (Å²) in [7, 11) is 0. The van der Waals surface area contributed by atoms with Gasteiger partial charge in [0, 0.05) is 16.7 Å². The summed E-state index contributed by atoms with van der Waals surface area (Å²) in [6.45, 7) is 5.93. The van der Waals surface area contributed by atoms with Crippen molar-refractivity contribution in [2.75, 3.05) is 5.75 Å². The van der Waals surface area contributed by atoms with Crippen LogP contribution in [0.1, 0.15) is 19.8 Å². The predicted octanol–water partition coefficient (Wildman–Crippen LogP) is 3.62. The molecule has 1 atom stereocenters. The van der Waals surface area contributed by atoms with E-state index in [1.54, 1.807) is 11.8 Å². The molecule has 1 rings (SSSR count). The van der Waals surface area contributed by atoms with Crippen molar-refractivity contribution in [2.45, 2.75) is 30.7 Å². The van der Waals surface area contributed by atoms with Crippen molar-refractivity contribution in [2.24, 2.45) is 5.84 Å². The maximum absolute atomic E-state index is 6.09. The normalized spacial score (nSPS) is 12.4. The Morgan fingerprint density at radius 2 is 2.24 bits per heavy atom. The van der Waals surface area contributed by atoms with E-state index >= 15 is 0 Å². The van der Waals surface area contributed by atoms with Crippen LogP contribution in [-0.2, 0) is 0 Å². The third kappa shape index (κ3) is 5.59. The van der Waals surface area contributed by atoms with E-state index in [4.69, 9.17) is 17.4 Å². The summed E-state index contributed by atoms with van der Waals surface area (Å²) in [5, 5.41) is 0.799. The van der Waals surface area contributed by atoms with Gasteiger partial charge in [-0.25, -0.2) is 0 Å². The SMILES string of the molecule is C=C(C)CCC(CSc1ccccc1Cl)NN. The Kier molecular flexibility index (Phi) is 6.66.